The molecule has 2 aliphatic carbocycles. The topological polar surface area (TPSA) is 99.7 Å². The van der Waals surface area contributed by atoms with Crippen molar-refractivity contribution in [2.45, 2.75) is 72.1 Å². The van der Waals surface area contributed by atoms with Gasteiger partial charge in [0, 0.05) is 25.0 Å². The van der Waals surface area contributed by atoms with Gasteiger partial charge in [0.1, 0.15) is 5.75 Å². The molecule has 0 bridgehead atoms. The molecule has 1 aromatic rings. The molecule has 0 spiro atoms. The number of benzene rings is 1. The predicted octanol–water partition coefficient (Wildman–Crippen LogP) is 3.46. The third-order valence-corrected chi connectivity index (χ3v) is 8.22. The molecule has 2 aliphatic rings. The second-order valence-corrected chi connectivity index (χ2v) is 10.2. The minimum Gasteiger partial charge on any atom is -0.497 e. The molecule has 0 aliphatic heterocycles. The first-order valence-corrected chi connectivity index (χ1v) is 12.3. The number of carbonyl (C=O) groups excluding carboxylic acids is 2. The predicted molar refractivity (Wildman–Crippen MR) is 129 cm³/mol. The van der Waals surface area contributed by atoms with E-state index in [-0.39, 0.29) is 47.1 Å². The smallest absolute Gasteiger partial charge is 0.315 e. The summed E-state index contributed by atoms with van der Waals surface area (Å²) >= 11 is 0. The van der Waals surface area contributed by atoms with E-state index >= 15 is 0 Å². The van der Waals surface area contributed by atoms with Crippen molar-refractivity contribution in [2.75, 3.05) is 13.7 Å². The fourth-order valence-corrected chi connectivity index (χ4v) is 6.17. The molecule has 0 radical (unpaired) electrons. The number of aliphatic hydroxyl groups is 1. The van der Waals surface area contributed by atoms with Crippen LogP contribution in [0.4, 0.5) is 4.79 Å². The third kappa shape index (κ3) is 5.62. The van der Waals surface area contributed by atoms with Crippen LogP contribution in [0.1, 0.15) is 58.9 Å². The first kappa shape index (κ1) is 25.3. The highest BCUT2D eigenvalue weighted by atomic mass is 16.5. The molecule has 1 aromatic carbocycles. The van der Waals surface area contributed by atoms with Gasteiger partial charge in [-0.25, -0.2) is 4.79 Å². The molecule has 7 heteroatoms. The van der Waals surface area contributed by atoms with Gasteiger partial charge in [-0.1, -0.05) is 32.9 Å². The van der Waals surface area contributed by atoms with E-state index in [0.717, 1.165) is 37.0 Å². The molecule has 0 heterocycles. The molecule has 3 amide bonds. The van der Waals surface area contributed by atoms with Gasteiger partial charge in [-0.2, -0.15) is 0 Å². The number of methoxy groups -OCH3 is 1. The number of rotatable bonds is 7. The molecule has 7 unspecified atom stereocenters. The first-order chi connectivity index (χ1) is 15.7. The molecule has 7 atom stereocenters. The summed E-state index contributed by atoms with van der Waals surface area (Å²) in [5, 5.41) is 20.4. The standard InChI is InChI=1S/C26H41N3O4/c1-6-27-25(32)29-21-12-14-26(4)13-11-20(23(30)22(26)17(21)3)16(2)24(31)28-15-18-7-9-19(33-5)10-8-18/h7-10,16-17,20-23,30H,6,11-15H2,1-5H3,(H,28,31)(H2,27,29,32). The van der Waals surface area contributed by atoms with Crippen LogP contribution in [-0.2, 0) is 11.3 Å². The van der Waals surface area contributed by atoms with E-state index in [1.807, 2.05) is 38.1 Å². The molecule has 2 saturated carbocycles. The number of ether oxygens (including phenoxy) is 1. The number of carbonyl (C=O) groups is 2. The molecule has 184 valence electrons. The summed E-state index contributed by atoms with van der Waals surface area (Å²) in [7, 11) is 1.63. The molecule has 33 heavy (non-hydrogen) atoms. The largest absolute Gasteiger partial charge is 0.497 e. The Kier molecular flexibility index (Phi) is 8.27. The van der Waals surface area contributed by atoms with Crippen LogP contribution in [0.15, 0.2) is 24.3 Å². The second-order valence-electron chi connectivity index (χ2n) is 10.2. The van der Waals surface area contributed by atoms with E-state index in [0.29, 0.717) is 13.1 Å². The quantitative estimate of drug-likeness (QED) is 0.502. The van der Waals surface area contributed by atoms with Gasteiger partial charge in [0.2, 0.25) is 5.91 Å². The number of hydrogen-bond donors (Lipinski definition) is 4. The zero-order valence-corrected chi connectivity index (χ0v) is 20.7. The third-order valence-electron chi connectivity index (χ3n) is 8.22. The molecular weight excluding hydrogens is 418 g/mol. The molecular formula is C26H41N3O4. The summed E-state index contributed by atoms with van der Waals surface area (Å²) < 4.78 is 5.18. The van der Waals surface area contributed by atoms with Crippen LogP contribution in [0.25, 0.3) is 0 Å². The Morgan fingerprint density at radius 1 is 1.18 bits per heavy atom. The summed E-state index contributed by atoms with van der Waals surface area (Å²) in [5.74, 6) is 0.566. The van der Waals surface area contributed by atoms with Gasteiger partial charge < -0.3 is 25.8 Å². The average molecular weight is 460 g/mol. The van der Waals surface area contributed by atoms with Crippen molar-refractivity contribution >= 4 is 11.9 Å². The number of aliphatic hydroxyl groups excluding tert-OH is 1. The number of urea groups is 1. The minimum atomic E-state index is -0.570. The van der Waals surface area contributed by atoms with Gasteiger partial charge in [0.25, 0.3) is 0 Å². The van der Waals surface area contributed by atoms with Gasteiger partial charge in [0.15, 0.2) is 0 Å². The van der Waals surface area contributed by atoms with E-state index in [4.69, 9.17) is 4.74 Å². The van der Waals surface area contributed by atoms with Crippen LogP contribution in [0.5, 0.6) is 5.75 Å². The molecule has 0 saturated heterocycles. The van der Waals surface area contributed by atoms with Crippen molar-refractivity contribution < 1.29 is 19.4 Å². The lowest BCUT2D eigenvalue weighted by atomic mass is 9.52. The van der Waals surface area contributed by atoms with E-state index in [1.165, 1.54) is 0 Å². The highest BCUT2D eigenvalue weighted by Crippen LogP contribution is 2.55. The average Bonchev–Trinajstić information content (AvgIpc) is 2.79. The molecule has 7 nitrogen and oxygen atoms in total. The zero-order valence-electron chi connectivity index (χ0n) is 20.7. The van der Waals surface area contributed by atoms with E-state index < -0.39 is 6.10 Å². The van der Waals surface area contributed by atoms with Crippen LogP contribution in [0.3, 0.4) is 0 Å². The molecule has 0 aromatic heterocycles. The van der Waals surface area contributed by atoms with Crippen LogP contribution >= 0.6 is 0 Å². The first-order valence-electron chi connectivity index (χ1n) is 12.3. The lowest BCUT2D eigenvalue weighted by molar-refractivity contribution is -0.142. The van der Waals surface area contributed by atoms with Crippen molar-refractivity contribution in [1.29, 1.82) is 0 Å². The summed E-state index contributed by atoms with van der Waals surface area (Å²) in [4.78, 5) is 25.1. The van der Waals surface area contributed by atoms with Crippen molar-refractivity contribution in [3.8, 4) is 5.75 Å². The Morgan fingerprint density at radius 3 is 2.48 bits per heavy atom. The van der Waals surface area contributed by atoms with Crippen LogP contribution in [0, 0.1) is 29.1 Å². The van der Waals surface area contributed by atoms with Crippen molar-refractivity contribution in [2.24, 2.45) is 29.1 Å². The number of amides is 3. The number of fused-ring (bicyclic) bond motifs is 1. The van der Waals surface area contributed by atoms with Crippen molar-refractivity contribution in [3.05, 3.63) is 29.8 Å². The van der Waals surface area contributed by atoms with E-state index in [2.05, 4.69) is 29.8 Å². The molecule has 3 rings (SSSR count). The fourth-order valence-electron chi connectivity index (χ4n) is 6.17. The number of nitrogens with one attached hydrogen (secondary N) is 3. The van der Waals surface area contributed by atoms with Crippen molar-refractivity contribution in [3.63, 3.8) is 0 Å². The van der Waals surface area contributed by atoms with Gasteiger partial charge in [-0.15, -0.1) is 0 Å². The highest BCUT2D eigenvalue weighted by Gasteiger charge is 2.53. The Bertz CT molecular complexity index is 814. The highest BCUT2D eigenvalue weighted by molar-refractivity contribution is 5.78. The maximum absolute atomic E-state index is 13.0. The van der Waals surface area contributed by atoms with Crippen molar-refractivity contribution in [1.82, 2.24) is 16.0 Å². The second kappa shape index (κ2) is 10.8. The van der Waals surface area contributed by atoms with Gasteiger partial charge >= 0.3 is 6.03 Å². The Balaban J connectivity index is 1.64. The van der Waals surface area contributed by atoms with Crippen LogP contribution < -0.4 is 20.7 Å². The van der Waals surface area contributed by atoms with Gasteiger partial charge in [-0.3, -0.25) is 4.79 Å². The summed E-state index contributed by atoms with van der Waals surface area (Å²) in [6.45, 7) is 9.27. The fraction of sp³-hybridized carbons (Fsp3) is 0.692. The Morgan fingerprint density at radius 2 is 1.85 bits per heavy atom. The number of hydrogen-bond acceptors (Lipinski definition) is 4. The normalized spacial score (nSPS) is 32.2. The van der Waals surface area contributed by atoms with Gasteiger partial charge in [-0.05, 0) is 73.5 Å². The lowest BCUT2D eigenvalue weighted by Gasteiger charge is -2.56. The van der Waals surface area contributed by atoms with Crippen LogP contribution in [0.2, 0.25) is 0 Å². The molecule has 4 N–H and O–H groups in total. The van der Waals surface area contributed by atoms with Gasteiger partial charge in [0.05, 0.1) is 13.2 Å². The monoisotopic (exact) mass is 459 g/mol. The Labute approximate surface area is 198 Å². The SMILES string of the molecule is CCNC(=O)NC1CCC2(C)CCC(C(C)C(=O)NCc3ccc(OC)cc3)C(O)C2C1C. The summed E-state index contributed by atoms with van der Waals surface area (Å²) in [6, 6.07) is 7.53. The van der Waals surface area contributed by atoms with E-state index in [1.54, 1.807) is 7.11 Å². The van der Waals surface area contributed by atoms with E-state index in [9.17, 15) is 14.7 Å². The van der Waals surface area contributed by atoms with Crippen LogP contribution in [-0.4, -0.2) is 42.8 Å². The molecule has 2 fully saturated rings. The maximum Gasteiger partial charge on any atom is 0.315 e. The maximum atomic E-state index is 13.0. The lowest BCUT2D eigenvalue weighted by Crippen LogP contribution is -2.59. The Hall–Kier alpha value is -2.28. The minimum absolute atomic E-state index is 0.0288. The zero-order chi connectivity index (χ0) is 24.2. The summed E-state index contributed by atoms with van der Waals surface area (Å²) in [5.41, 5.74) is 1.04. The summed E-state index contributed by atoms with van der Waals surface area (Å²) in [6.07, 6.45) is 3.15.